The number of carbonyl (C=O) groups is 1. The van der Waals surface area contributed by atoms with Crippen molar-refractivity contribution in [2.24, 2.45) is 0 Å². The Morgan fingerprint density at radius 3 is 2.61 bits per heavy atom. The fourth-order valence-electron chi connectivity index (χ4n) is 3.84. The molecule has 2 heterocycles. The Bertz CT molecular complexity index is 1520. The van der Waals surface area contributed by atoms with Crippen LogP contribution in [0.5, 0.6) is 0 Å². The Balaban J connectivity index is 1.30. The van der Waals surface area contributed by atoms with Crippen LogP contribution in [0, 0.1) is 0 Å². The third-order valence-corrected chi connectivity index (χ3v) is 6.04. The smallest absolute Gasteiger partial charge is 0.411 e. The second-order valence-corrected chi connectivity index (χ2v) is 8.62. The molecular weight excluding hydrogens is 482 g/mol. The number of hydrogen-bond donors (Lipinski definition) is 3. The third kappa shape index (κ3) is 4.54. The Hall–Kier alpha value is -3.84. The van der Waals surface area contributed by atoms with Gasteiger partial charge in [-0.1, -0.05) is 52.3 Å². The first kappa shape index (κ1) is 21.0. The van der Waals surface area contributed by atoms with Crippen molar-refractivity contribution in [1.82, 2.24) is 9.97 Å². The lowest BCUT2D eigenvalue weighted by molar-refractivity contribution is 0.163. The molecule has 7 heteroatoms. The van der Waals surface area contributed by atoms with Crippen molar-refractivity contribution in [2.75, 3.05) is 11.9 Å². The van der Waals surface area contributed by atoms with Crippen molar-refractivity contribution in [3.8, 4) is 11.1 Å². The van der Waals surface area contributed by atoms with Crippen LogP contribution in [0.3, 0.4) is 0 Å². The Labute approximate surface area is 197 Å². The first-order valence-electron chi connectivity index (χ1n) is 10.5. The first-order chi connectivity index (χ1) is 16.1. The lowest BCUT2D eigenvalue weighted by Gasteiger charge is -2.09. The fraction of sp³-hybridized carbons (Fsp3) is 0.0769. The topological polar surface area (TPSA) is 87.0 Å². The van der Waals surface area contributed by atoms with Gasteiger partial charge in [0.25, 0.3) is 5.56 Å². The molecule has 1 amide bonds. The Kier molecular flexibility index (Phi) is 5.71. The molecule has 164 valence electrons. The molecule has 0 aliphatic carbocycles. The van der Waals surface area contributed by atoms with E-state index >= 15 is 0 Å². The summed E-state index contributed by atoms with van der Waals surface area (Å²) < 4.78 is 6.29. The molecule has 33 heavy (non-hydrogen) atoms. The van der Waals surface area contributed by atoms with Crippen LogP contribution < -0.4 is 10.9 Å². The molecule has 0 fully saturated rings. The number of fused-ring (bicyclic) bond motifs is 2. The zero-order valence-electron chi connectivity index (χ0n) is 17.5. The van der Waals surface area contributed by atoms with Crippen LogP contribution in [0.4, 0.5) is 10.5 Å². The number of amides is 1. The minimum Gasteiger partial charge on any atom is -0.449 e. The van der Waals surface area contributed by atoms with E-state index in [1.807, 2.05) is 66.9 Å². The van der Waals surface area contributed by atoms with Crippen molar-refractivity contribution in [3.63, 3.8) is 0 Å². The zero-order valence-corrected chi connectivity index (χ0v) is 19.1. The highest BCUT2D eigenvalue weighted by Gasteiger charge is 2.12. The lowest BCUT2D eigenvalue weighted by atomic mass is 10.0. The summed E-state index contributed by atoms with van der Waals surface area (Å²) in [6, 6.07) is 23.0. The number of H-pyrrole nitrogens is 2. The predicted octanol–water partition coefficient (Wildman–Crippen LogP) is 6.23. The van der Waals surface area contributed by atoms with Gasteiger partial charge in [-0.2, -0.15) is 0 Å². The number of ether oxygens (including phenoxy) is 1. The lowest BCUT2D eigenvalue weighted by Crippen LogP contribution is -2.15. The summed E-state index contributed by atoms with van der Waals surface area (Å²) in [7, 11) is 0. The molecule has 5 aromatic rings. The van der Waals surface area contributed by atoms with Gasteiger partial charge < -0.3 is 14.7 Å². The summed E-state index contributed by atoms with van der Waals surface area (Å²) >= 11 is 3.40. The van der Waals surface area contributed by atoms with Crippen molar-refractivity contribution >= 4 is 49.5 Å². The largest absolute Gasteiger partial charge is 0.449 e. The molecule has 0 saturated heterocycles. The van der Waals surface area contributed by atoms with E-state index in [-0.39, 0.29) is 12.2 Å². The number of benzene rings is 3. The maximum Gasteiger partial charge on any atom is 0.411 e. The quantitative estimate of drug-likeness (QED) is 0.266. The molecule has 3 N–H and O–H groups in total. The Morgan fingerprint density at radius 1 is 0.939 bits per heavy atom. The van der Waals surface area contributed by atoms with Gasteiger partial charge in [0, 0.05) is 44.8 Å². The highest BCUT2D eigenvalue weighted by atomic mass is 79.9. The van der Waals surface area contributed by atoms with Crippen molar-refractivity contribution in [2.45, 2.75) is 6.42 Å². The average molecular weight is 502 g/mol. The molecule has 3 aromatic carbocycles. The van der Waals surface area contributed by atoms with Crippen LogP contribution in [0.15, 0.2) is 88.3 Å². The van der Waals surface area contributed by atoms with Crippen LogP contribution >= 0.6 is 15.9 Å². The first-order valence-corrected chi connectivity index (χ1v) is 11.3. The third-order valence-electron chi connectivity index (χ3n) is 5.51. The van der Waals surface area contributed by atoms with E-state index in [1.165, 1.54) is 0 Å². The summed E-state index contributed by atoms with van der Waals surface area (Å²) in [4.78, 5) is 31.1. The van der Waals surface area contributed by atoms with E-state index in [0.29, 0.717) is 23.2 Å². The maximum absolute atomic E-state index is 12.8. The number of aromatic nitrogens is 2. The van der Waals surface area contributed by atoms with E-state index < -0.39 is 6.09 Å². The summed E-state index contributed by atoms with van der Waals surface area (Å²) in [5.41, 5.74) is 4.49. The molecule has 6 nitrogen and oxygen atoms in total. The van der Waals surface area contributed by atoms with E-state index in [1.54, 1.807) is 12.1 Å². The molecule has 0 aliphatic heterocycles. The number of carbonyl (C=O) groups excluding carboxylic acids is 1. The summed E-state index contributed by atoms with van der Waals surface area (Å²) in [5.74, 6) is 0. The average Bonchev–Trinajstić information content (AvgIpc) is 3.24. The highest BCUT2D eigenvalue weighted by molar-refractivity contribution is 9.10. The summed E-state index contributed by atoms with van der Waals surface area (Å²) in [6.45, 7) is 0.270. The monoisotopic (exact) mass is 501 g/mol. The number of halogens is 1. The van der Waals surface area contributed by atoms with Gasteiger partial charge in [0.15, 0.2) is 0 Å². The minimum atomic E-state index is -0.538. The molecule has 0 saturated carbocycles. The van der Waals surface area contributed by atoms with Crippen LogP contribution in [-0.2, 0) is 11.2 Å². The van der Waals surface area contributed by atoms with Gasteiger partial charge in [0.05, 0.1) is 12.1 Å². The van der Waals surface area contributed by atoms with E-state index in [2.05, 4.69) is 31.2 Å². The molecule has 2 aromatic heterocycles. The normalized spacial score (nSPS) is 11.1. The van der Waals surface area contributed by atoms with Crippen LogP contribution in [-0.4, -0.2) is 22.7 Å². The van der Waals surface area contributed by atoms with Crippen molar-refractivity contribution in [3.05, 3.63) is 99.4 Å². The van der Waals surface area contributed by atoms with Crippen LogP contribution in [0.1, 0.15) is 5.56 Å². The molecule has 0 radical (unpaired) electrons. The number of nitrogens with one attached hydrogen (secondary N) is 3. The predicted molar refractivity (Wildman–Crippen MR) is 135 cm³/mol. The van der Waals surface area contributed by atoms with Gasteiger partial charge in [-0.3, -0.25) is 10.1 Å². The molecule has 0 atom stereocenters. The van der Waals surface area contributed by atoms with E-state index in [9.17, 15) is 9.59 Å². The number of para-hydroxylation sites is 1. The van der Waals surface area contributed by atoms with Gasteiger partial charge in [-0.15, -0.1) is 0 Å². The maximum atomic E-state index is 12.8. The van der Waals surface area contributed by atoms with Crippen molar-refractivity contribution in [1.29, 1.82) is 0 Å². The number of aromatic amines is 2. The second kappa shape index (κ2) is 8.96. The second-order valence-electron chi connectivity index (χ2n) is 7.70. The van der Waals surface area contributed by atoms with Gasteiger partial charge >= 0.3 is 6.09 Å². The minimum absolute atomic E-state index is 0.193. The number of rotatable bonds is 5. The van der Waals surface area contributed by atoms with E-state index in [0.717, 1.165) is 31.9 Å². The van der Waals surface area contributed by atoms with Gasteiger partial charge in [0.1, 0.15) is 0 Å². The van der Waals surface area contributed by atoms with Gasteiger partial charge in [-0.25, -0.2) is 4.79 Å². The molecular formula is C26H20BrN3O3. The van der Waals surface area contributed by atoms with Crippen LogP contribution in [0.2, 0.25) is 0 Å². The Morgan fingerprint density at radius 2 is 1.76 bits per heavy atom. The number of hydrogen-bond acceptors (Lipinski definition) is 3. The summed E-state index contributed by atoms with van der Waals surface area (Å²) in [5, 5.41) is 4.58. The van der Waals surface area contributed by atoms with Gasteiger partial charge in [0.2, 0.25) is 0 Å². The molecule has 5 rings (SSSR count). The standard InChI is InChI=1S/C26H20BrN3O3/c27-18-8-5-16(6-9-18)11-12-33-26(32)29-19-10-7-17-13-21(25(31)30-24(17)14-19)22-15-28-23-4-2-1-3-20(22)23/h1-10,13-15,28H,11-12H2,(H,29,32)(H,30,31). The van der Waals surface area contributed by atoms with E-state index in [4.69, 9.17) is 4.74 Å². The number of anilines is 1. The molecule has 0 spiro atoms. The van der Waals surface area contributed by atoms with Crippen molar-refractivity contribution < 1.29 is 9.53 Å². The zero-order chi connectivity index (χ0) is 22.8. The van der Waals surface area contributed by atoms with Crippen LogP contribution in [0.25, 0.3) is 32.9 Å². The SMILES string of the molecule is O=C(Nc1ccc2cc(-c3c[nH]c4ccccc34)c(=O)[nH]c2c1)OCCc1ccc(Br)cc1. The van der Waals surface area contributed by atoms with Gasteiger partial charge in [-0.05, 0) is 47.3 Å². The molecule has 0 unspecified atom stereocenters. The highest BCUT2D eigenvalue weighted by Crippen LogP contribution is 2.28. The number of pyridine rings is 1. The fourth-order valence-corrected chi connectivity index (χ4v) is 4.10. The molecule has 0 bridgehead atoms. The summed E-state index contributed by atoms with van der Waals surface area (Å²) in [6.07, 6.45) is 1.94. The molecule has 0 aliphatic rings.